The van der Waals surface area contributed by atoms with Crippen LogP contribution in [-0.2, 0) is 6.54 Å². The zero-order valence-corrected chi connectivity index (χ0v) is 10.8. The molecule has 2 aromatic rings. The van der Waals surface area contributed by atoms with Crippen molar-refractivity contribution in [3.63, 3.8) is 0 Å². The molecular weight excluding hydrogens is 248 g/mol. The van der Waals surface area contributed by atoms with Gasteiger partial charge in [0.2, 0.25) is 5.88 Å². The Labute approximate surface area is 110 Å². The van der Waals surface area contributed by atoms with Gasteiger partial charge in [0.1, 0.15) is 0 Å². The van der Waals surface area contributed by atoms with E-state index in [4.69, 9.17) is 9.88 Å². The van der Waals surface area contributed by atoms with Gasteiger partial charge in [0, 0.05) is 17.5 Å². The Morgan fingerprint density at radius 3 is 2.78 bits per heavy atom. The maximum absolute atomic E-state index is 5.47. The maximum Gasteiger partial charge on any atom is 0.235 e. The highest BCUT2D eigenvalue weighted by molar-refractivity contribution is 7.97. The minimum Gasteiger partial charge on any atom is -0.480 e. The van der Waals surface area contributed by atoms with Gasteiger partial charge in [-0.05, 0) is 29.6 Å². The molecule has 6 heteroatoms. The third-order valence-corrected chi connectivity index (χ3v) is 2.94. The summed E-state index contributed by atoms with van der Waals surface area (Å²) in [4.78, 5) is 1.05. The van der Waals surface area contributed by atoms with Crippen LogP contribution in [0.1, 0.15) is 5.56 Å². The van der Waals surface area contributed by atoms with Crippen LogP contribution in [0.15, 0.2) is 41.4 Å². The monoisotopic (exact) mass is 262 g/mol. The van der Waals surface area contributed by atoms with Crippen molar-refractivity contribution in [1.29, 1.82) is 0 Å². The van der Waals surface area contributed by atoms with Gasteiger partial charge in [0.25, 0.3) is 0 Å². The second-order valence-corrected chi connectivity index (χ2v) is 4.31. The lowest BCUT2D eigenvalue weighted by Gasteiger charge is -2.07. The average Bonchev–Trinajstić information content (AvgIpc) is 2.46. The molecule has 0 aliphatic heterocycles. The first-order valence-electron chi connectivity index (χ1n) is 5.38. The van der Waals surface area contributed by atoms with E-state index in [1.165, 1.54) is 17.5 Å². The van der Waals surface area contributed by atoms with Crippen LogP contribution in [0.2, 0.25) is 0 Å². The van der Waals surface area contributed by atoms with Crippen molar-refractivity contribution >= 4 is 17.6 Å². The number of hydrogen-bond acceptors (Lipinski definition) is 6. The van der Waals surface area contributed by atoms with E-state index in [0.29, 0.717) is 12.4 Å². The molecule has 0 amide bonds. The van der Waals surface area contributed by atoms with E-state index < -0.39 is 0 Å². The van der Waals surface area contributed by atoms with Gasteiger partial charge in [-0.3, -0.25) is 5.14 Å². The van der Waals surface area contributed by atoms with Gasteiger partial charge >= 0.3 is 0 Å². The molecule has 94 valence electrons. The molecule has 3 N–H and O–H groups in total. The lowest BCUT2D eigenvalue weighted by atomic mass is 10.2. The summed E-state index contributed by atoms with van der Waals surface area (Å²) >= 11 is 1.24. The minimum atomic E-state index is 0.495. The number of hydrogen-bond donors (Lipinski definition) is 2. The molecule has 0 radical (unpaired) electrons. The van der Waals surface area contributed by atoms with Crippen molar-refractivity contribution in [3.05, 3.63) is 42.1 Å². The van der Waals surface area contributed by atoms with Gasteiger partial charge in [-0.1, -0.05) is 12.1 Å². The number of rotatable bonds is 5. The predicted octanol–water partition coefficient (Wildman–Crippen LogP) is 2.06. The van der Waals surface area contributed by atoms with Crippen LogP contribution in [0.4, 0.5) is 5.69 Å². The molecule has 0 aliphatic carbocycles. The molecule has 0 spiro atoms. The lowest BCUT2D eigenvalue weighted by Crippen LogP contribution is -2.01. The minimum absolute atomic E-state index is 0.495. The third-order valence-electron chi connectivity index (χ3n) is 2.40. The lowest BCUT2D eigenvalue weighted by molar-refractivity contribution is 0.392. The number of methoxy groups -OCH3 is 1. The molecule has 0 aliphatic rings. The Hall–Kier alpha value is -1.79. The number of ether oxygens (including phenoxy) is 1. The number of nitrogens with zero attached hydrogens (tertiary/aromatic N) is 2. The van der Waals surface area contributed by atoms with Gasteiger partial charge < -0.3 is 10.1 Å². The molecule has 0 saturated carbocycles. The summed E-state index contributed by atoms with van der Waals surface area (Å²) in [5, 5.41) is 16.4. The first-order chi connectivity index (χ1) is 8.81. The van der Waals surface area contributed by atoms with Crippen molar-refractivity contribution in [3.8, 4) is 5.88 Å². The summed E-state index contributed by atoms with van der Waals surface area (Å²) in [5.41, 5.74) is 2.04. The Balaban J connectivity index is 1.97. The van der Waals surface area contributed by atoms with Gasteiger partial charge in [-0.25, -0.2) is 0 Å². The topological polar surface area (TPSA) is 73.1 Å². The molecule has 0 atom stereocenters. The van der Waals surface area contributed by atoms with Crippen LogP contribution in [0, 0.1) is 0 Å². The fraction of sp³-hybridized carbons (Fsp3) is 0.167. The van der Waals surface area contributed by atoms with Crippen molar-refractivity contribution in [2.45, 2.75) is 11.4 Å². The first-order valence-corrected chi connectivity index (χ1v) is 6.26. The van der Waals surface area contributed by atoms with Crippen molar-refractivity contribution in [2.24, 2.45) is 5.14 Å². The Morgan fingerprint density at radius 1 is 1.33 bits per heavy atom. The van der Waals surface area contributed by atoms with Gasteiger partial charge in [-0.2, -0.15) is 5.10 Å². The molecule has 0 unspecified atom stereocenters. The number of anilines is 1. The quantitative estimate of drug-likeness (QED) is 0.804. The predicted molar refractivity (Wildman–Crippen MR) is 72.4 cm³/mol. The summed E-state index contributed by atoms with van der Waals surface area (Å²) in [7, 11) is 1.57. The Morgan fingerprint density at radius 2 is 2.11 bits per heavy atom. The van der Waals surface area contributed by atoms with Gasteiger partial charge in [-0.15, -0.1) is 5.10 Å². The molecule has 2 rings (SSSR count). The Bertz CT molecular complexity index is 504. The summed E-state index contributed by atoms with van der Waals surface area (Å²) in [6.07, 6.45) is 1.66. The number of nitrogens with two attached hydrogens (primary N) is 1. The third kappa shape index (κ3) is 3.35. The van der Waals surface area contributed by atoms with E-state index in [9.17, 15) is 0 Å². The van der Waals surface area contributed by atoms with Crippen LogP contribution >= 0.6 is 11.9 Å². The largest absolute Gasteiger partial charge is 0.480 e. The summed E-state index contributed by atoms with van der Waals surface area (Å²) < 4.78 is 5.01. The maximum atomic E-state index is 5.47. The fourth-order valence-corrected chi connectivity index (χ4v) is 1.73. The SMILES string of the molecule is COc1cc(NCc2ccc(SN)cc2)cnn1. The smallest absolute Gasteiger partial charge is 0.235 e. The van der Waals surface area contributed by atoms with Crippen molar-refractivity contribution in [1.82, 2.24) is 10.2 Å². The zero-order chi connectivity index (χ0) is 12.8. The van der Waals surface area contributed by atoms with Crippen LogP contribution in [-0.4, -0.2) is 17.3 Å². The van der Waals surface area contributed by atoms with Gasteiger partial charge in [0.05, 0.1) is 19.0 Å². The van der Waals surface area contributed by atoms with Crippen LogP contribution in [0.25, 0.3) is 0 Å². The normalized spacial score (nSPS) is 10.1. The van der Waals surface area contributed by atoms with Crippen molar-refractivity contribution in [2.75, 3.05) is 12.4 Å². The van der Waals surface area contributed by atoms with Crippen LogP contribution < -0.4 is 15.2 Å². The van der Waals surface area contributed by atoms with E-state index in [1.807, 2.05) is 24.3 Å². The van der Waals surface area contributed by atoms with Crippen molar-refractivity contribution < 1.29 is 4.74 Å². The molecule has 5 nitrogen and oxygen atoms in total. The van der Waals surface area contributed by atoms with Gasteiger partial charge in [0.15, 0.2) is 0 Å². The number of aromatic nitrogens is 2. The summed E-state index contributed by atoms with van der Waals surface area (Å²) in [5.74, 6) is 0.495. The summed E-state index contributed by atoms with van der Waals surface area (Å²) in [6.45, 7) is 0.713. The Kier molecular flexibility index (Phi) is 4.38. The van der Waals surface area contributed by atoms with E-state index in [0.717, 1.165) is 10.6 Å². The average molecular weight is 262 g/mol. The summed E-state index contributed by atoms with van der Waals surface area (Å²) in [6, 6.07) is 9.86. The zero-order valence-electron chi connectivity index (χ0n) is 9.96. The highest BCUT2D eigenvalue weighted by atomic mass is 32.2. The molecule has 0 saturated heterocycles. The standard InChI is InChI=1S/C12H14N4OS/c1-17-12-6-10(8-15-16-12)14-7-9-2-4-11(18-13)5-3-9/h2-6,8H,7,13H2,1H3,(H,14,16). The fourth-order valence-electron chi connectivity index (χ4n) is 1.43. The van der Waals surface area contributed by atoms with E-state index in [2.05, 4.69) is 15.5 Å². The second kappa shape index (κ2) is 6.23. The molecule has 1 aromatic carbocycles. The molecule has 0 fully saturated rings. The highest BCUT2D eigenvalue weighted by Gasteiger charge is 1.98. The van der Waals surface area contributed by atoms with Crippen LogP contribution in [0.5, 0.6) is 5.88 Å². The highest BCUT2D eigenvalue weighted by Crippen LogP contribution is 2.15. The first kappa shape index (κ1) is 12.7. The molecule has 1 aromatic heterocycles. The van der Waals surface area contributed by atoms with E-state index >= 15 is 0 Å². The van der Waals surface area contributed by atoms with E-state index in [1.54, 1.807) is 19.4 Å². The van der Waals surface area contributed by atoms with E-state index in [-0.39, 0.29) is 0 Å². The molecule has 18 heavy (non-hydrogen) atoms. The number of benzene rings is 1. The molecular formula is C12H14N4OS. The molecule has 1 heterocycles. The second-order valence-electron chi connectivity index (χ2n) is 3.60. The molecule has 0 bridgehead atoms. The number of nitrogens with one attached hydrogen (secondary N) is 1. The van der Waals surface area contributed by atoms with Crippen LogP contribution in [0.3, 0.4) is 0 Å².